The number of aromatic carboxylic acids is 1. The van der Waals surface area contributed by atoms with Crippen LogP contribution < -0.4 is 26.6 Å². The minimum absolute atomic E-state index is 0.0116. The highest BCUT2D eigenvalue weighted by Gasteiger charge is 2.28. The number of carbonyl (C=O) groups excluding carboxylic acids is 4. The van der Waals surface area contributed by atoms with Crippen molar-refractivity contribution in [3.8, 4) is 5.69 Å². The molecule has 4 aromatic rings. The molecule has 5 amide bonds. The number of anilines is 2. The van der Waals surface area contributed by atoms with Crippen LogP contribution in [-0.2, 0) is 26.2 Å². The summed E-state index contributed by atoms with van der Waals surface area (Å²) < 4.78 is 1.28. The molecule has 0 unspecified atom stereocenters. The van der Waals surface area contributed by atoms with Gasteiger partial charge in [-0.1, -0.05) is 49.7 Å². The first-order valence-corrected chi connectivity index (χ1v) is 16.4. The number of amides is 5. The molecule has 3 aromatic carbocycles. The SMILES string of the molecule is CC(C)(CNC(=O)[C@H](Cc1ccc(NC(=O)N2CCNCC2)cc1)NC(=O)C(=O)Nc1cc(Cl)ccc1-n1cnnn1)c1ccc(C(=O)O)cc1. The maximum Gasteiger partial charge on any atom is 0.335 e. The number of urea groups is 1. The van der Waals surface area contributed by atoms with Crippen molar-refractivity contribution in [1.82, 2.24) is 41.1 Å². The number of tetrazole rings is 1. The third-order valence-electron chi connectivity index (χ3n) is 8.30. The Morgan fingerprint density at radius 1 is 0.941 bits per heavy atom. The van der Waals surface area contributed by atoms with E-state index in [4.69, 9.17) is 11.6 Å². The monoisotopic (exact) mass is 716 g/mol. The molecular formula is C34H37ClN10O6. The van der Waals surface area contributed by atoms with Gasteiger partial charge in [0.25, 0.3) is 0 Å². The number of aromatic nitrogens is 4. The smallest absolute Gasteiger partial charge is 0.335 e. The van der Waals surface area contributed by atoms with Gasteiger partial charge in [-0.2, -0.15) is 4.68 Å². The molecule has 1 fully saturated rings. The van der Waals surface area contributed by atoms with Crippen molar-refractivity contribution >= 4 is 52.7 Å². The van der Waals surface area contributed by atoms with Gasteiger partial charge in [-0.3, -0.25) is 14.4 Å². The van der Waals surface area contributed by atoms with Crippen LogP contribution in [0.1, 0.15) is 35.3 Å². The van der Waals surface area contributed by atoms with E-state index in [2.05, 4.69) is 42.1 Å². The molecule has 0 aliphatic carbocycles. The highest BCUT2D eigenvalue weighted by Crippen LogP contribution is 2.25. The molecule has 1 aliphatic rings. The topological polar surface area (TPSA) is 213 Å². The molecule has 1 atom stereocenters. The molecule has 266 valence electrons. The first-order valence-electron chi connectivity index (χ1n) is 16.0. The molecule has 6 N–H and O–H groups in total. The van der Waals surface area contributed by atoms with Crippen LogP contribution in [-0.4, -0.2) is 98.7 Å². The highest BCUT2D eigenvalue weighted by atomic mass is 35.5. The fourth-order valence-electron chi connectivity index (χ4n) is 5.32. The van der Waals surface area contributed by atoms with Gasteiger partial charge in [0.2, 0.25) is 5.91 Å². The molecule has 1 aromatic heterocycles. The second kappa shape index (κ2) is 16.2. The van der Waals surface area contributed by atoms with E-state index in [1.54, 1.807) is 53.4 Å². The standard InChI is InChI=1S/C34H37ClN10O6/c1-34(2,23-7-5-22(6-8-23)32(49)50)19-37-29(46)27(17-21-3-10-25(11-4-21)39-33(51)44-15-13-36-14-16-44)41-31(48)30(47)40-26-18-24(35)9-12-28(26)45-20-38-42-43-45/h3-12,18,20,27,36H,13-17,19H2,1-2H3,(H,37,46)(H,39,51)(H,40,47)(H,41,48)(H,49,50)/t27-/m0/s1. The Labute approximate surface area is 297 Å². The lowest BCUT2D eigenvalue weighted by Crippen LogP contribution is -2.52. The average molecular weight is 717 g/mol. The molecule has 0 saturated carbocycles. The number of piperazine rings is 1. The minimum Gasteiger partial charge on any atom is -0.478 e. The van der Waals surface area contributed by atoms with Crippen LogP contribution >= 0.6 is 11.6 Å². The van der Waals surface area contributed by atoms with Crippen LogP contribution in [0.4, 0.5) is 16.2 Å². The molecular weight excluding hydrogens is 680 g/mol. The Morgan fingerprint density at radius 2 is 1.65 bits per heavy atom. The number of carbonyl (C=O) groups is 5. The van der Waals surface area contributed by atoms with Crippen molar-refractivity contribution < 1.29 is 29.1 Å². The molecule has 0 spiro atoms. The summed E-state index contributed by atoms with van der Waals surface area (Å²) in [5.74, 6) is -3.75. The predicted molar refractivity (Wildman–Crippen MR) is 188 cm³/mol. The van der Waals surface area contributed by atoms with E-state index < -0.39 is 35.1 Å². The first kappa shape index (κ1) is 36.4. The summed E-state index contributed by atoms with van der Waals surface area (Å²) in [6.07, 6.45) is 1.32. The zero-order valence-corrected chi connectivity index (χ0v) is 28.6. The maximum absolute atomic E-state index is 13.7. The maximum atomic E-state index is 13.7. The number of hydrogen-bond acceptors (Lipinski definition) is 9. The van der Waals surface area contributed by atoms with Gasteiger partial charge >= 0.3 is 23.8 Å². The normalized spacial score (nSPS) is 13.5. The van der Waals surface area contributed by atoms with Crippen LogP contribution in [0.5, 0.6) is 0 Å². The Hall–Kier alpha value is -5.87. The van der Waals surface area contributed by atoms with Gasteiger partial charge in [0.1, 0.15) is 12.4 Å². The number of nitrogens with zero attached hydrogens (tertiary/aromatic N) is 5. The molecule has 1 saturated heterocycles. The summed E-state index contributed by atoms with van der Waals surface area (Å²) in [7, 11) is 0. The van der Waals surface area contributed by atoms with Gasteiger partial charge in [-0.15, -0.1) is 5.10 Å². The summed E-state index contributed by atoms with van der Waals surface area (Å²) in [6.45, 7) is 6.51. The molecule has 1 aliphatic heterocycles. The van der Waals surface area contributed by atoms with Crippen LogP contribution in [0.15, 0.2) is 73.1 Å². The molecule has 17 heteroatoms. The van der Waals surface area contributed by atoms with Crippen LogP contribution in [0.25, 0.3) is 5.69 Å². The third kappa shape index (κ3) is 9.64. The zero-order valence-electron chi connectivity index (χ0n) is 27.9. The van der Waals surface area contributed by atoms with Crippen LogP contribution in [0.3, 0.4) is 0 Å². The average Bonchev–Trinajstić information content (AvgIpc) is 3.66. The number of halogens is 1. The predicted octanol–water partition coefficient (Wildman–Crippen LogP) is 2.21. The third-order valence-corrected chi connectivity index (χ3v) is 8.53. The number of benzene rings is 3. The largest absolute Gasteiger partial charge is 0.478 e. The molecule has 5 rings (SSSR count). The van der Waals surface area contributed by atoms with E-state index in [1.807, 2.05) is 13.8 Å². The van der Waals surface area contributed by atoms with Gasteiger partial charge in [0, 0.05) is 55.3 Å². The van der Waals surface area contributed by atoms with Gasteiger partial charge in [-0.05, 0) is 64.0 Å². The van der Waals surface area contributed by atoms with E-state index in [9.17, 15) is 29.1 Å². The number of carboxylic acid groups (broad SMARTS) is 1. The van der Waals surface area contributed by atoms with Crippen molar-refractivity contribution in [2.75, 3.05) is 43.4 Å². The lowest BCUT2D eigenvalue weighted by atomic mass is 9.84. The fourth-order valence-corrected chi connectivity index (χ4v) is 5.49. The van der Waals surface area contributed by atoms with Gasteiger partial charge < -0.3 is 36.6 Å². The fraction of sp³-hybridized carbons (Fsp3) is 0.294. The minimum atomic E-state index is -1.19. The first-order chi connectivity index (χ1) is 24.4. The van der Waals surface area contributed by atoms with E-state index >= 15 is 0 Å². The molecule has 0 bridgehead atoms. The zero-order chi connectivity index (χ0) is 36.5. The molecule has 2 heterocycles. The van der Waals surface area contributed by atoms with E-state index in [-0.39, 0.29) is 35.3 Å². The lowest BCUT2D eigenvalue weighted by molar-refractivity contribution is -0.138. The Bertz CT molecular complexity index is 1880. The number of nitrogens with one attached hydrogen (secondary N) is 5. The van der Waals surface area contributed by atoms with E-state index in [0.29, 0.717) is 43.1 Å². The number of carboxylic acids is 1. The lowest BCUT2D eigenvalue weighted by Gasteiger charge is -2.28. The van der Waals surface area contributed by atoms with Gasteiger partial charge in [0.05, 0.1) is 16.9 Å². The van der Waals surface area contributed by atoms with Gasteiger partial charge in [-0.25, -0.2) is 9.59 Å². The Morgan fingerprint density at radius 3 is 2.29 bits per heavy atom. The van der Waals surface area contributed by atoms with Crippen molar-refractivity contribution in [2.45, 2.75) is 31.7 Å². The van der Waals surface area contributed by atoms with Crippen molar-refractivity contribution in [2.24, 2.45) is 0 Å². The summed E-state index contributed by atoms with van der Waals surface area (Å²) in [5.41, 5.74) is 2.01. The van der Waals surface area contributed by atoms with E-state index in [1.165, 1.54) is 29.2 Å². The van der Waals surface area contributed by atoms with Crippen molar-refractivity contribution in [3.63, 3.8) is 0 Å². The number of rotatable bonds is 11. The van der Waals surface area contributed by atoms with Crippen LogP contribution in [0.2, 0.25) is 5.02 Å². The van der Waals surface area contributed by atoms with Crippen LogP contribution in [0, 0.1) is 0 Å². The molecule has 16 nitrogen and oxygen atoms in total. The summed E-state index contributed by atoms with van der Waals surface area (Å²) in [6, 6.07) is 16.3. The quantitative estimate of drug-likeness (QED) is 0.125. The van der Waals surface area contributed by atoms with Gasteiger partial charge in [0.15, 0.2) is 0 Å². The summed E-state index contributed by atoms with van der Waals surface area (Å²) in [5, 5.41) is 34.5. The molecule has 51 heavy (non-hydrogen) atoms. The Kier molecular flexibility index (Phi) is 11.6. The van der Waals surface area contributed by atoms with Crippen molar-refractivity contribution in [3.05, 3.63) is 94.8 Å². The second-order valence-electron chi connectivity index (χ2n) is 12.4. The second-order valence-corrected chi connectivity index (χ2v) is 12.9. The van der Waals surface area contributed by atoms with E-state index in [0.717, 1.165) is 5.56 Å². The Balaban J connectivity index is 1.30. The number of hydrogen-bond donors (Lipinski definition) is 6. The van der Waals surface area contributed by atoms with Crippen molar-refractivity contribution in [1.29, 1.82) is 0 Å². The highest BCUT2D eigenvalue weighted by molar-refractivity contribution is 6.40. The summed E-state index contributed by atoms with van der Waals surface area (Å²) in [4.78, 5) is 65.8. The summed E-state index contributed by atoms with van der Waals surface area (Å²) >= 11 is 6.15. The molecule has 0 radical (unpaired) electrons.